The number of nitrogens with one attached hydrogen (secondary N) is 1. The minimum Gasteiger partial charge on any atom is -0.337 e. The molecule has 0 bridgehead atoms. The largest absolute Gasteiger partial charge is 0.337 e. The zero-order chi connectivity index (χ0) is 19.3. The molecule has 0 radical (unpaired) electrons. The Bertz CT molecular complexity index is 874. The van der Waals surface area contributed by atoms with E-state index in [2.05, 4.69) is 4.72 Å². The normalized spacial score (nSPS) is 11.4. The Morgan fingerprint density at radius 2 is 1.65 bits per heavy atom. The standard InChI is InChI=1S/C20H26N2O3S/c1-15-5-8-19(9-6-15)14-22(18(4)23)12-11-21-26(24,25)20-10-7-16(2)17(3)13-20/h5-10,13,21H,11-12,14H2,1-4H3. The van der Waals surface area contributed by atoms with E-state index in [1.807, 2.05) is 45.0 Å². The zero-order valence-electron chi connectivity index (χ0n) is 15.7. The molecule has 26 heavy (non-hydrogen) atoms. The molecule has 0 aliphatic carbocycles. The summed E-state index contributed by atoms with van der Waals surface area (Å²) in [6.07, 6.45) is 0. The second kappa shape index (κ2) is 8.47. The first-order chi connectivity index (χ1) is 12.2. The van der Waals surface area contributed by atoms with E-state index in [0.29, 0.717) is 13.1 Å². The van der Waals surface area contributed by atoms with Gasteiger partial charge in [0.05, 0.1) is 4.90 Å². The monoisotopic (exact) mass is 374 g/mol. The van der Waals surface area contributed by atoms with Crippen molar-refractivity contribution in [3.63, 3.8) is 0 Å². The lowest BCUT2D eigenvalue weighted by atomic mass is 10.1. The highest BCUT2D eigenvalue weighted by Gasteiger charge is 2.16. The first-order valence-corrected chi connectivity index (χ1v) is 10.1. The second-order valence-electron chi connectivity index (χ2n) is 6.57. The van der Waals surface area contributed by atoms with Crippen molar-refractivity contribution in [3.05, 3.63) is 64.7 Å². The van der Waals surface area contributed by atoms with E-state index in [4.69, 9.17) is 0 Å². The smallest absolute Gasteiger partial charge is 0.240 e. The SMILES string of the molecule is CC(=O)N(CCNS(=O)(=O)c1ccc(C)c(C)c1)Cc1ccc(C)cc1. The molecule has 1 N–H and O–H groups in total. The molecular weight excluding hydrogens is 348 g/mol. The summed E-state index contributed by atoms with van der Waals surface area (Å²) in [5.41, 5.74) is 4.15. The van der Waals surface area contributed by atoms with Crippen LogP contribution in [0.1, 0.15) is 29.2 Å². The summed E-state index contributed by atoms with van der Waals surface area (Å²) in [7, 11) is -3.59. The lowest BCUT2D eigenvalue weighted by Gasteiger charge is -2.21. The van der Waals surface area contributed by atoms with Gasteiger partial charge < -0.3 is 4.90 Å². The van der Waals surface area contributed by atoms with Crippen molar-refractivity contribution in [1.29, 1.82) is 0 Å². The van der Waals surface area contributed by atoms with Gasteiger partial charge in [-0.1, -0.05) is 35.9 Å². The molecule has 0 spiro atoms. The molecule has 6 heteroatoms. The Morgan fingerprint density at radius 3 is 2.23 bits per heavy atom. The Morgan fingerprint density at radius 1 is 1.00 bits per heavy atom. The third-order valence-corrected chi connectivity index (χ3v) is 5.86. The van der Waals surface area contributed by atoms with Crippen LogP contribution in [0.2, 0.25) is 0 Å². The molecule has 140 valence electrons. The maximum atomic E-state index is 12.4. The van der Waals surface area contributed by atoms with Crippen LogP contribution in [0.5, 0.6) is 0 Å². The van der Waals surface area contributed by atoms with E-state index < -0.39 is 10.0 Å². The molecule has 0 unspecified atom stereocenters. The number of hydrogen-bond donors (Lipinski definition) is 1. The van der Waals surface area contributed by atoms with Gasteiger partial charge in [-0.15, -0.1) is 0 Å². The predicted molar refractivity (Wildman–Crippen MR) is 103 cm³/mol. The van der Waals surface area contributed by atoms with Crippen molar-refractivity contribution >= 4 is 15.9 Å². The van der Waals surface area contributed by atoms with Gasteiger partial charge in [-0.2, -0.15) is 0 Å². The number of carbonyl (C=O) groups excluding carboxylic acids is 1. The van der Waals surface area contributed by atoms with Crippen LogP contribution in [0.15, 0.2) is 47.4 Å². The first-order valence-electron chi connectivity index (χ1n) is 8.57. The lowest BCUT2D eigenvalue weighted by Crippen LogP contribution is -2.37. The van der Waals surface area contributed by atoms with E-state index in [-0.39, 0.29) is 17.3 Å². The first kappa shape index (κ1) is 20.1. The fourth-order valence-corrected chi connectivity index (χ4v) is 3.65. The highest BCUT2D eigenvalue weighted by Crippen LogP contribution is 2.14. The van der Waals surface area contributed by atoms with E-state index in [1.165, 1.54) is 6.92 Å². The van der Waals surface area contributed by atoms with Crippen molar-refractivity contribution in [2.45, 2.75) is 39.1 Å². The van der Waals surface area contributed by atoms with Crippen molar-refractivity contribution in [2.75, 3.05) is 13.1 Å². The van der Waals surface area contributed by atoms with Gasteiger partial charge in [0, 0.05) is 26.6 Å². The maximum Gasteiger partial charge on any atom is 0.240 e. The number of hydrogen-bond acceptors (Lipinski definition) is 3. The van der Waals surface area contributed by atoms with Gasteiger partial charge in [0.25, 0.3) is 0 Å². The van der Waals surface area contributed by atoms with Crippen molar-refractivity contribution in [3.8, 4) is 0 Å². The molecule has 2 rings (SSSR count). The number of amides is 1. The molecule has 2 aromatic carbocycles. The summed E-state index contributed by atoms with van der Waals surface area (Å²) >= 11 is 0. The van der Waals surface area contributed by atoms with Crippen LogP contribution in [0.25, 0.3) is 0 Å². The average molecular weight is 375 g/mol. The molecule has 0 aliphatic rings. The second-order valence-corrected chi connectivity index (χ2v) is 8.34. The Kier molecular flexibility index (Phi) is 6.56. The van der Waals surface area contributed by atoms with Gasteiger partial charge in [0.1, 0.15) is 0 Å². The predicted octanol–water partition coefficient (Wildman–Crippen LogP) is 2.94. The van der Waals surface area contributed by atoms with Crippen LogP contribution in [0, 0.1) is 20.8 Å². The molecule has 2 aromatic rings. The fourth-order valence-electron chi connectivity index (χ4n) is 2.54. The van der Waals surface area contributed by atoms with E-state index in [0.717, 1.165) is 22.3 Å². The maximum absolute atomic E-state index is 12.4. The van der Waals surface area contributed by atoms with Gasteiger partial charge in [-0.3, -0.25) is 4.79 Å². The van der Waals surface area contributed by atoms with Crippen molar-refractivity contribution < 1.29 is 13.2 Å². The molecule has 0 fully saturated rings. The molecule has 5 nitrogen and oxygen atoms in total. The number of rotatable bonds is 7. The summed E-state index contributed by atoms with van der Waals surface area (Å²) in [5.74, 6) is -0.0871. The minimum atomic E-state index is -3.59. The zero-order valence-corrected chi connectivity index (χ0v) is 16.6. The van der Waals surface area contributed by atoms with E-state index in [9.17, 15) is 13.2 Å². The molecule has 0 aliphatic heterocycles. The van der Waals surface area contributed by atoms with Gasteiger partial charge in [0.15, 0.2) is 0 Å². The van der Waals surface area contributed by atoms with Gasteiger partial charge >= 0.3 is 0 Å². The number of benzene rings is 2. The molecule has 0 heterocycles. The third-order valence-electron chi connectivity index (χ3n) is 4.40. The summed E-state index contributed by atoms with van der Waals surface area (Å²) in [5, 5.41) is 0. The van der Waals surface area contributed by atoms with Crippen molar-refractivity contribution in [1.82, 2.24) is 9.62 Å². The van der Waals surface area contributed by atoms with Gasteiger partial charge in [-0.05, 0) is 49.6 Å². The summed E-state index contributed by atoms with van der Waals surface area (Å²) in [6, 6.07) is 13.0. The third kappa shape index (κ3) is 5.41. The summed E-state index contributed by atoms with van der Waals surface area (Å²) in [6.45, 7) is 8.26. The summed E-state index contributed by atoms with van der Waals surface area (Å²) in [4.78, 5) is 13.7. The number of nitrogens with zero attached hydrogens (tertiary/aromatic N) is 1. The molecule has 0 atom stereocenters. The Labute approximate surface area is 156 Å². The number of carbonyl (C=O) groups is 1. The van der Waals surface area contributed by atoms with Crippen LogP contribution in [0.4, 0.5) is 0 Å². The van der Waals surface area contributed by atoms with E-state index in [1.54, 1.807) is 23.1 Å². The fraction of sp³-hybridized carbons (Fsp3) is 0.350. The highest BCUT2D eigenvalue weighted by atomic mass is 32.2. The quantitative estimate of drug-likeness (QED) is 0.810. The van der Waals surface area contributed by atoms with Crippen LogP contribution < -0.4 is 4.72 Å². The Balaban J connectivity index is 1.99. The van der Waals surface area contributed by atoms with E-state index >= 15 is 0 Å². The van der Waals surface area contributed by atoms with Gasteiger partial charge in [0.2, 0.25) is 15.9 Å². The molecular formula is C20H26N2O3S. The minimum absolute atomic E-state index is 0.0871. The molecule has 0 aromatic heterocycles. The molecule has 0 saturated heterocycles. The van der Waals surface area contributed by atoms with Crippen molar-refractivity contribution in [2.24, 2.45) is 0 Å². The van der Waals surface area contributed by atoms with Crippen LogP contribution in [-0.4, -0.2) is 32.3 Å². The topological polar surface area (TPSA) is 66.5 Å². The molecule has 1 amide bonds. The van der Waals surface area contributed by atoms with Gasteiger partial charge in [-0.25, -0.2) is 13.1 Å². The highest BCUT2D eigenvalue weighted by molar-refractivity contribution is 7.89. The number of aryl methyl sites for hydroxylation is 3. The summed E-state index contributed by atoms with van der Waals surface area (Å²) < 4.78 is 27.4. The Hall–Kier alpha value is -2.18. The average Bonchev–Trinajstić information content (AvgIpc) is 2.58. The van der Waals surface area contributed by atoms with Crippen LogP contribution >= 0.6 is 0 Å². The lowest BCUT2D eigenvalue weighted by molar-refractivity contribution is -0.129. The van der Waals surface area contributed by atoms with Crippen LogP contribution in [0.3, 0.4) is 0 Å². The number of sulfonamides is 1. The molecule has 0 saturated carbocycles. The van der Waals surface area contributed by atoms with Crippen LogP contribution in [-0.2, 0) is 21.4 Å².